The second kappa shape index (κ2) is 5.21. The summed E-state index contributed by atoms with van der Waals surface area (Å²) in [6.45, 7) is 2.97. The molecule has 0 aliphatic carbocycles. The predicted octanol–water partition coefficient (Wildman–Crippen LogP) is 2.82. The van der Waals surface area contributed by atoms with Crippen LogP contribution in [0.1, 0.15) is 5.56 Å². The molecule has 1 aromatic carbocycles. The lowest BCUT2D eigenvalue weighted by Gasteiger charge is -2.28. The molecule has 1 aromatic heterocycles. The number of pyridine rings is 1. The number of aromatic nitrogens is 1. The first-order valence-electron chi connectivity index (χ1n) is 6.47. The number of hydrogen-bond acceptors (Lipinski definition) is 3. The molecule has 2 amide bonds. The van der Waals surface area contributed by atoms with E-state index in [1.165, 1.54) is 0 Å². The number of nitrogens with one attached hydrogen (secondary N) is 1. The average molecular weight is 269 g/mol. The quantitative estimate of drug-likeness (QED) is 0.866. The molecule has 1 aliphatic rings. The lowest BCUT2D eigenvalue weighted by atomic mass is 10.2. The molecule has 0 fully saturated rings. The van der Waals surface area contributed by atoms with Crippen molar-refractivity contribution in [3.05, 3.63) is 48.2 Å². The normalized spacial score (nSPS) is 13.3. The number of carbonyl (C=O) groups is 1. The topological polar surface area (TPSA) is 54.5 Å². The van der Waals surface area contributed by atoms with Crippen LogP contribution in [0.4, 0.5) is 16.3 Å². The molecule has 0 bridgehead atoms. The zero-order valence-corrected chi connectivity index (χ0v) is 11.2. The van der Waals surface area contributed by atoms with E-state index in [9.17, 15) is 4.79 Å². The number of fused-ring (bicyclic) bond motifs is 1. The molecule has 5 heteroatoms. The lowest BCUT2D eigenvalue weighted by Crippen LogP contribution is -2.41. The Morgan fingerprint density at radius 3 is 2.90 bits per heavy atom. The standard InChI is InChI=1S/C15H15N3O2/c1-11-4-6-12(7-5-11)17-15(19)18-9-10-20-13-3-2-8-16-14(13)18/h2-8H,9-10H2,1H3,(H,17,19). The Kier molecular flexibility index (Phi) is 3.25. The maximum atomic E-state index is 12.3. The third kappa shape index (κ3) is 2.42. The van der Waals surface area contributed by atoms with E-state index in [1.54, 1.807) is 17.2 Å². The fourth-order valence-electron chi connectivity index (χ4n) is 2.08. The molecule has 20 heavy (non-hydrogen) atoms. The van der Waals surface area contributed by atoms with Crippen molar-refractivity contribution in [1.29, 1.82) is 0 Å². The molecule has 0 unspecified atom stereocenters. The summed E-state index contributed by atoms with van der Waals surface area (Å²) in [5.41, 5.74) is 1.92. The highest BCUT2D eigenvalue weighted by Gasteiger charge is 2.24. The lowest BCUT2D eigenvalue weighted by molar-refractivity contribution is 0.249. The van der Waals surface area contributed by atoms with Crippen molar-refractivity contribution >= 4 is 17.5 Å². The number of hydrogen-bond donors (Lipinski definition) is 1. The van der Waals surface area contributed by atoms with Gasteiger partial charge in [0.2, 0.25) is 0 Å². The first-order valence-corrected chi connectivity index (χ1v) is 6.47. The average Bonchev–Trinajstić information content (AvgIpc) is 2.49. The zero-order chi connectivity index (χ0) is 13.9. The van der Waals surface area contributed by atoms with Gasteiger partial charge in [0.25, 0.3) is 0 Å². The first kappa shape index (κ1) is 12.5. The number of anilines is 2. The van der Waals surface area contributed by atoms with Crippen LogP contribution in [0.3, 0.4) is 0 Å². The van der Waals surface area contributed by atoms with E-state index >= 15 is 0 Å². The number of amides is 2. The van der Waals surface area contributed by atoms with Crippen LogP contribution in [-0.4, -0.2) is 24.2 Å². The van der Waals surface area contributed by atoms with Gasteiger partial charge in [-0.2, -0.15) is 0 Å². The van der Waals surface area contributed by atoms with Gasteiger partial charge in [0.05, 0.1) is 6.54 Å². The highest BCUT2D eigenvalue weighted by molar-refractivity contribution is 6.02. The first-order chi connectivity index (χ1) is 9.74. The van der Waals surface area contributed by atoms with Crippen molar-refractivity contribution in [1.82, 2.24) is 4.98 Å². The summed E-state index contributed by atoms with van der Waals surface area (Å²) in [7, 11) is 0. The van der Waals surface area contributed by atoms with Gasteiger partial charge in [-0.15, -0.1) is 0 Å². The minimum absolute atomic E-state index is 0.197. The summed E-state index contributed by atoms with van der Waals surface area (Å²) < 4.78 is 5.49. The van der Waals surface area contributed by atoms with Gasteiger partial charge in [-0.3, -0.25) is 4.90 Å². The molecular formula is C15H15N3O2. The van der Waals surface area contributed by atoms with E-state index in [4.69, 9.17) is 4.74 Å². The van der Waals surface area contributed by atoms with Crippen molar-refractivity contribution in [3.63, 3.8) is 0 Å². The van der Waals surface area contributed by atoms with Crippen molar-refractivity contribution in [2.24, 2.45) is 0 Å². The van der Waals surface area contributed by atoms with Gasteiger partial charge in [-0.25, -0.2) is 9.78 Å². The highest BCUT2D eigenvalue weighted by Crippen LogP contribution is 2.28. The Hall–Kier alpha value is -2.56. The van der Waals surface area contributed by atoms with Crippen molar-refractivity contribution in [3.8, 4) is 5.75 Å². The van der Waals surface area contributed by atoms with E-state index in [-0.39, 0.29) is 6.03 Å². The third-order valence-corrected chi connectivity index (χ3v) is 3.13. The Morgan fingerprint density at radius 1 is 1.30 bits per heavy atom. The second-order valence-corrected chi connectivity index (χ2v) is 4.62. The number of ether oxygens (including phenoxy) is 1. The fraction of sp³-hybridized carbons (Fsp3) is 0.200. The Labute approximate surface area is 117 Å². The highest BCUT2D eigenvalue weighted by atomic mass is 16.5. The summed E-state index contributed by atoms with van der Waals surface area (Å²) in [6.07, 6.45) is 1.65. The van der Waals surface area contributed by atoms with Crippen LogP contribution in [0.5, 0.6) is 5.75 Å². The molecule has 1 aliphatic heterocycles. The van der Waals surface area contributed by atoms with Crippen LogP contribution >= 0.6 is 0 Å². The molecule has 0 radical (unpaired) electrons. The van der Waals surface area contributed by atoms with Crippen molar-refractivity contribution < 1.29 is 9.53 Å². The van der Waals surface area contributed by atoms with Gasteiger partial charge < -0.3 is 10.1 Å². The fourth-order valence-corrected chi connectivity index (χ4v) is 2.08. The summed E-state index contributed by atoms with van der Waals surface area (Å²) in [4.78, 5) is 18.1. The summed E-state index contributed by atoms with van der Waals surface area (Å²) in [6, 6.07) is 11.1. The number of carbonyl (C=O) groups excluding carboxylic acids is 1. The van der Waals surface area contributed by atoms with Crippen LogP contribution in [0.15, 0.2) is 42.6 Å². The maximum Gasteiger partial charge on any atom is 0.327 e. The predicted molar refractivity (Wildman–Crippen MR) is 77.3 cm³/mol. The second-order valence-electron chi connectivity index (χ2n) is 4.62. The summed E-state index contributed by atoms with van der Waals surface area (Å²) in [5.74, 6) is 1.20. The van der Waals surface area contributed by atoms with Gasteiger partial charge in [0.1, 0.15) is 6.61 Å². The molecule has 2 aromatic rings. The van der Waals surface area contributed by atoms with Crippen LogP contribution < -0.4 is 15.0 Å². The molecule has 102 valence electrons. The number of aryl methyl sites for hydroxylation is 1. The Morgan fingerprint density at radius 2 is 2.10 bits per heavy atom. The van der Waals surface area contributed by atoms with Crippen LogP contribution in [0, 0.1) is 6.92 Å². The summed E-state index contributed by atoms with van der Waals surface area (Å²) in [5, 5.41) is 2.87. The van der Waals surface area contributed by atoms with Crippen molar-refractivity contribution in [2.75, 3.05) is 23.4 Å². The maximum absolute atomic E-state index is 12.3. The van der Waals surface area contributed by atoms with Gasteiger partial charge in [-0.1, -0.05) is 17.7 Å². The number of benzene rings is 1. The van der Waals surface area contributed by atoms with E-state index in [1.807, 2.05) is 37.3 Å². The largest absolute Gasteiger partial charge is 0.488 e. The van der Waals surface area contributed by atoms with E-state index in [0.717, 1.165) is 11.3 Å². The number of urea groups is 1. The van der Waals surface area contributed by atoms with E-state index in [2.05, 4.69) is 10.3 Å². The zero-order valence-electron chi connectivity index (χ0n) is 11.2. The number of rotatable bonds is 1. The minimum atomic E-state index is -0.197. The van der Waals surface area contributed by atoms with Crippen LogP contribution in [0.25, 0.3) is 0 Å². The van der Waals surface area contributed by atoms with Crippen molar-refractivity contribution in [2.45, 2.75) is 6.92 Å². The Balaban J connectivity index is 1.80. The molecule has 2 heterocycles. The molecular weight excluding hydrogens is 254 g/mol. The molecule has 3 rings (SSSR count). The van der Waals surface area contributed by atoms with Gasteiger partial charge in [-0.05, 0) is 31.2 Å². The van der Waals surface area contributed by atoms with Gasteiger partial charge in [0.15, 0.2) is 11.6 Å². The minimum Gasteiger partial charge on any atom is -0.488 e. The monoisotopic (exact) mass is 269 g/mol. The summed E-state index contributed by atoms with van der Waals surface area (Å²) >= 11 is 0. The molecule has 1 N–H and O–H groups in total. The van der Waals surface area contributed by atoms with Crippen LogP contribution in [-0.2, 0) is 0 Å². The van der Waals surface area contributed by atoms with Crippen LogP contribution in [0.2, 0.25) is 0 Å². The molecule has 5 nitrogen and oxygen atoms in total. The van der Waals surface area contributed by atoms with E-state index in [0.29, 0.717) is 24.7 Å². The Bertz CT molecular complexity index is 625. The van der Waals surface area contributed by atoms with Gasteiger partial charge >= 0.3 is 6.03 Å². The smallest absolute Gasteiger partial charge is 0.327 e. The van der Waals surface area contributed by atoms with E-state index < -0.39 is 0 Å². The molecule has 0 saturated carbocycles. The molecule has 0 saturated heterocycles. The molecule has 0 atom stereocenters. The molecule has 0 spiro atoms. The SMILES string of the molecule is Cc1ccc(NC(=O)N2CCOc3cccnc32)cc1. The van der Waals surface area contributed by atoms with Gasteiger partial charge in [0, 0.05) is 11.9 Å². The number of nitrogens with zero attached hydrogens (tertiary/aromatic N) is 2. The third-order valence-electron chi connectivity index (χ3n) is 3.13.